The molecule has 0 saturated heterocycles. The van der Waals surface area contributed by atoms with Crippen molar-refractivity contribution in [1.82, 2.24) is 0 Å². The van der Waals surface area contributed by atoms with Gasteiger partial charge >= 0.3 is 0 Å². The monoisotopic (exact) mass is 305 g/mol. The zero-order valence-corrected chi connectivity index (χ0v) is 13.2. The molecule has 0 fully saturated rings. The lowest BCUT2D eigenvalue weighted by Crippen LogP contribution is -2.13. The van der Waals surface area contributed by atoms with Crippen LogP contribution in [0.1, 0.15) is 18.1 Å². The van der Waals surface area contributed by atoms with Crippen molar-refractivity contribution in [3.8, 4) is 5.75 Å². The van der Waals surface area contributed by atoms with E-state index in [0.29, 0.717) is 11.4 Å². The Balaban J connectivity index is 2.28. The molecule has 4 nitrogen and oxygen atoms in total. The number of methoxy groups -OCH3 is 1. The minimum absolute atomic E-state index is 0.259. The molecule has 0 spiro atoms. The van der Waals surface area contributed by atoms with Crippen LogP contribution in [0.4, 0.5) is 5.69 Å². The fraction of sp³-hybridized carbons (Fsp3) is 0.250. The van der Waals surface area contributed by atoms with Gasteiger partial charge in [0.05, 0.1) is 17.7 Å². The second-order valence-corrected chi connectivity index (χ2v) is 6.47. The highest BCUT2D eigenvalue weighted by Gasteiger charge is 2.15. The number of sulfonamides is 1. The van der Waals surface area contributed by atoms with Crippen LogP contribution >= 0.6 is 0 Å². The van der Waals surface area contributed by atoms with Crippen molar-refractivity contribution >= 4 is 15.7 Å². The predicted molar refractivity (Wildman–Crippen MR) is 84.4 cm³/mol. The number of hydrogen-bond acceptors (Lipinski definition) is 3. The Morgan fingerprint density at radius 1 is 1.10 bits per heavy atom. The van der Waals surface area contributed by atoms with Crippen LogP contribution in [-0.2, 0) is 16.4 Å². The maximum Gasteiger partial charge on any atom is 0.261 e. The maximum atomic E-state index is 12.4. The van der Waals surface area contributed by atoms with Gasteiger partial charge in [-0.25, -0.2) is 8.42 Å². The average Bonchev–Trinajstić information content (AvgIpc) is 2.49. The Labute approximate surface area is 125 Å². The third-order valence-electron chi connectivity index (χ3n) is 3.32. The van der Waals surface area contributed by atoms with Crippen molar-refractivity contribution in [2.24, 2.45) is 0 Å². The molecule has 2 aromatic carbocycles. The van der Waals surface area contributed by atoms with Gasteiger partial charge in [0.15, 0.2) is 0 Å². The number of hydrogen-bond donors (Lipinski definition) is 1. The SMILES string of the molecule is CCc1ccc(S(=O)(=O)Nc2ccc(OC)cc2C)cc1. The Kier molecular flexibility index (Phi) is 4.53. The highest BCUT2D eigenvalue weighted by molar-refractivity contribution is 7.92. The average molecular weight is 305 g/mol. The minimum atomic E-state index is -3.57. The molecule has 0 bridgehead atoms. The molecule has 0 heterocycles. The predicted octanol–water partition coefficient (Wildman–Crippen LogP) is 3.37. The van der Waals surface area contributed by atoms with Crippen LogP contribution in [0.25, 0.3) is 0 Å². The Morgan fingerprint density at radius 2 is 1.76 bits per heavy atom. The van der Waals surface area contributed by atoms with Gasteiger partial charge in [0.25, 0.3) is 10.0 Å². The van der Waals surface area contributed by atoms with E-state index in [1.165, 1.54) is 0 Å². The quantitative estimate of drug-likeness (QED) is 0.921. The van der Waals surface area contributed by atoms with Crippen molar-refractivity contribution in [2.75, 3.05) is 11.8 Å². The molecule has 21 heavy (non-hydrogen) atoms. The van der Waals surface area contributed by atoms with Crippen molar-refractivity contribution in [3.05, 3.63) is 53.6 Å². The zero-order chi connectivity index (χ0) is 15.5. The molecule has 0 aliphatic heterocycles. The summed E-state index contributed by atoms with van der Waals surface area (Å²) in [6.45, 7) is 3.86. The van der Waals surface area contributed by atoms with Crippen molar-refractivity contribution in [1.29, 1.82) is 0 Å². The number of aryl methyl sites for hydroxylation is 2. The summed E-state index contributed by atoms with van der Waals surface area (Å²) in [7, 11) is -1.99. The summed E-state index contributed by atoms with van der Waals surface area (Å²) in [5.74, 6) is 0.697. The smallest absolute Gasteiger partial charge is 0.261 e. The Hall–Kier alpha value is -2.01. The van der Waals surface area contributed by atoms with Crippen LogP contribution in [0, 0.1) is 6.92 Å². The second kappa shape index (κ2) is 6.18. The molecular weight excluding hydrogens is 286 g/mol. The molecule has 2 rings (SSSR count). The normalized spacial score (nSPS) is 11.2. The largest absolute Gasteiger partial charge is 0.497 e. The first-order valence-electron chi connectivity index (χ1n) is 6.72. The third kappa shape index (κ3) is 3.55. The van der Waals surface area contributed by atoms with Crippen LogP contribution in [0.15, 0.2) is 47.4 Å². The molecule has 0 radical (unpaired) electrons. The van der Waals surface area contributed by atoms with Gasteiger partial charge in [0, 0.05) is 0 Å². The molecule has 0 aliphatic rings. The molecule has 0 aliphatic carbocycles. The fourth-order valence-corrected chi connectivity index (χ4v) is 3.12. The van der Waals surface area contributed by atoms with E-state index in [-0.39, 0.29) is 4.90 Å². The lowest BCUT2D eigenvalue weighted by molar-refractivity contribution is 0.414. The number of rotatable bonds is 5. The molecule has 1 N–H and O–H groups in total. The van der Waals surface area contributed by atoms with E-state index in [2.05, 4.69) is 4.72 Å². The van der Waals surface area contributed by atoms with Gasteiger partial charge < -0.3 is 4.74 Å². The Morgan fingerprint density at radius 3 is 2.29 bits per heavy atom. The lowest BCUT2D eigenvalue weighted by Gasteiger charge is -2.12. The first kappa shape index (κ1) is 15.4. The highest BCUT2D eigenvalue weighted by atomic mass is 32.2. The molecule has 5 heteroatoms. The highest BCUT2D eigenvalue weighted by Crippen LogP contribution is 2.24. The summed E-state index contributed by atoms with van der Waals surface area (Å²) in [4.78, 5) is 0.259. The molecule has 0 amide bonds. The standard InChI is InChI=1S/C16H19NO3S/c1-4-13-5-8-15(9-6-13)21(18,19)17-16-10-7-14(20-3)11-12(16)2/h5-11,17H,4H2,1-3H3. The van der Waals surface area contributed by atoms with E-state index in [4.69, 9.17) is 4.74 Å². The number of benzene rings is 2. The first-order valence-corrected chi connectivity index (χ1v) is 8.21. The summed E-state index contributed by atoms with van der Waals surface area (Å²) in [6.07, 6.45) is 0.880. The number of ether oxygens (including phenoxy) is 1. The van der Waals surface area contributed by atoms with E-state index >= 15 is 0 Å². The fourth-order valence-electron chi connectivity index (χ4n) is 1.99. The van der Waals surface area contributed by atoms with Gasteiger partial charge in [-0.15, -0.1) is 0 Å². The van der Waals surface area contributed by atoms with E-state index in [1.54, 1.807) is 37.4 Å². The van der Waals surface area contributed by atoms with Crippen molar-refractivity contribution in [2.45, 2.75) is 25.2 Å². The van der Waals surface area contributed by atoms with Crippen LogP contribution in [-0.4, -0.2) is 15.5 Å². The van der Waals surface area contributed by atoms with Crippen LogP contribution in [0.2, 0.25) is 0 Å². The van der Waals surface area contributed by atoms with Gasteiger partial charge in [-0.1, -0.05) is 19.1 Å². The molecule has 0 unspecified atom stereocenters. The first-order chi connectivity index (χ1) is 9.96. The summed E-state index contributed by atoms with van der Waals surface area (Å²) >= 11 is 0. The molecular formula is C16H19NO3S. The van der Waals surface area contributed by atoms with E-state index in [9.17, 15) is 8.42 Å². The van der Waals surface area contributed by atoms with Crippen LogP contribution < -0.4 is 9.46 Å². The summed E-state index contributed by atoms with van der Waals surface area (Å²) in [5.41, 5.74) is 2.47. The van der Waals surface area contributed by atoms with Gasteiger partial charge in [-0.05, 0) is 54.8 Å². The third-order valence-corrected chi connectivity index (χ3v) is 4.70. The number of nitrogens with one attached hydrogen (secondary N) is 1. The molecule has 112 valence electrons. The summed E-state index contributed by atoms with van der Waals surface area (Å²) < 4.78 is 32.5. The topological polar surface area (TPSA) is 55.4 Å². The summed E-state index contributed by atoms with van der Waals surface area (Å²) in [6, 6.07) is 12.1. The lowest BCUT2D eigenvalue weighted by atomic mass is 10.2. The van der Waals surface area contributed by atoms with Gasteiger partial charge in [0.2, 0.25) is 0 Å². The summed E-state index contributed by atoms with van der Waals surface area (Å²) in [5, 5.41) is 0. The van der Waals surface area contributed by atoms with E-state index in [1.807, 2.05) is 26.0 Å². The molecule has 0 atom stereocenters. The van der Waals surface area contributed by atoms with Crippen molar-refractivity contribution in [3.63, 3.8) is 0 Å². The van der Waals surface area contributed by atoms with Gasteiger partial charge in [0.1, 0.15) is 5.75 Å². The van der Waals surface area contributed by atoms with E-state index < -0.39 is 10.0 Å². The Bertz CT molecular complexity index is 722. The molecule has 2 aromatic rings. The van der Waals surface area contributed by atoms with Gasteiger partial charge in [-0.3, -0.25) is 4.72 Å². The van der Waals surface area contributed by atoms with Crippen LogP contribution in [0.5, 0.6) is 5.75 Å². The number of anilines is 1. The zero-order valence-electron chi connectivity index (χ0n) is 12.4. The van der Waals surface area contributed by atoms with Crippen molar-refractivity contribution < 1.29 is 13.2 Å². The van der Waals surface area contributed by atoms with Crippen LogP contribution in [0.3, 0.4) is 0 Å². The second-order valence-electron chi connectivity index (χ2n) is 4.78. The molecule has 0 saturated carbocycles. The van der Waals surface area contributed by atoms with E-state index in [0.717, 1.165) is 17.5 Å². The minimum Gasteiger partial charge on any atom is -0.497 e. The maximum absolute atomic E-state index is 12.4. The molecule has 0 aromatic heterocycles. The van der Waals surface area contributed by atoms with Gasteiger partial charge in [-0.2, -0.15) is 0 Å².